The Hall–Kier alpha value is -1.43. The second kappa shape index (κ2) is 5.28. The van der Waals surface area contributed by atoms with Crippen molar-refractivity contribution in [2.75, 3.05) is 6.54 Å². The average Bonchev–Trinajstić information content (AvgIpc) is 2.95. The van der Waals surface area contributed by atoms with Gasteiger partial charge in [0.25, 0.3) is 0 Å². The van der Waals surface area contributed by atoms with Crippen LogP contribution in [-0.2, 0) is 4.74 Å². The number of hydrogen-bond acceptors (Lipinski definition) is 5. The van der Waals surface area contributed by atoms with Crippen molar-refractivity contribution < 1.29 is 14.3 Å². The molecular weight excluding hydrogens is 264 g/mol. The highest BCUT2D eigenvalue weighted by atomic mass is 32.1. The van der Waals surface area contributed by atoms with Gasteiger partial charge >= 0.3 is 6.09 Å². The minimum absolute atomic E-state index is 0.0696. The largest absolute Gasteiger partial charge is 0.444 e. The average molecular weight is 282 g/mol. The van der Waals surface area contributed by atoms with Crippen LogP contribution in [0.3, 0.4) is 0 Å². The first-order chi connectivity index (χ1) is 8.90. The zero-order chi connectivity index (χ0) is 14.0. The fraction of sp³-hybridized carbons (Fsp3) is 0.615. The van der Waals surface area contributed by atoms with E-state index in [0.29, 0.717) is 11.6 Å². The van der Waals surface area contributed by atoms with Crippen LogP contribution in [0.2, 0.25) is 0 Å². The van der Waals surface area contributed by atoms with E-state index in [1.54, 1.807) is 4.90 Å². The zero-order valence-corrected chi connectivity index (χ0v) is 12.2. The molecule has 104 valence electrons. The van der Waals surface area contributed by atoms with Gasteiger partial charge in [-0.1, -0.05) is 0 Å². The molecule has 0 aliphatic carbocycles. The Bertz CT molecular complexity index is 478. The monoisotopic (exact) mass is 282 g/mol. The molecule has 1 saturated heterocycles. The topological polar surface area (TPSA) is 59.5 Å². The molecule has 1 aliphatic rings. The molecule has 0 spiro atoms. The number of hydrogen-bond donors (Lipinski definition) is 0. The van der Waals surface area contributed by atoms with Gasteiger partial charge in [0.05, 0.1) is 11.7 Å². The van der Waals surface area contributed by atoms with Gasteiger partial charge in [-0.15, -0.1) is 11.3 Å². The van der Waals surface area contributed by atoms with Crippen LogP contribution < -0.4 is 0 Å². The van der Waals surface area contributed by atoms with Crippen molar-refractivity contribution in [2.24, 2.45) is 0 Å². The maximum Gasteiger partial charge on any atom is 0.410 e. The number of aldehydes is 1. The van der Waals surface area contributed by atoms with E-state index in [0.717, 1.165) is 24.8 Å². The highest BCUT2D eigenvalue weighted by molar-refractivity contribution is 7.11. The number of carbonyl (C=O) groups excluding carboxylic acids is 2. The molecule has 5 nitrogen and oxygen atoms in total. The van der Waals surface area contributed by atoms with E-state index in [4.69, 9.17) is 4.74 Å². The molecule has 2 heterocycles. The van der Waals surface area contributed by atoms with E-state index >= 15 is 0 Å². The van der Waals surface area contributed by atoms with Crippen LogP contribution in [0, 0.1) is 0 Å². The number of aromatic nitrogens is 1. The Balaban J connectivity index is 2.12. The van der Waals surface area contributed by atoms with E-state index in [9.17, 15) is 9.59 Å². The molecule has 1 aliphatic heterocycles. The predicted octanol–water partition coefficient (Wildman–Crippen LogP) is 3.03. The molecule has 0 bridgehead atoms. The van der Waals surface area contributed by atoms with E-state index < -0.39 is 5.60 Å². The first-order valence-corrected chi connectivity index (χ1v) is 7.19. The summed E-state index contributed by atoms with van der Waals surface area (Å²) in [5, 5.41) is 2.29. The van der Waals surface area contributed by atoms with Crippen molar-refractivity contribution >= 4 is 23.7 Å². The highest BCUT2D eigenvalue weighted by Gasteiger charge is 2.34. The lowest BCUT2D eigenvalue weighted by Crippen LogP contribution is -2.36. The summed E-state index contributed by atoms with van der Waals surface area (Å²) >= 11 is 1.31. The van der Waals surface area contributed by atoms with Crippen LogP contribution in [0.25, 0.3) is 0 Å². The lowest BCUT2D eigenvalue weighted by Gasteiger charge is -2.27. The molecule has 1 aromatic heterocycles. The molecular formula is C13H18N2O3S. The van der Waals surface area contributed by atoms with Crippen molar-refractivity contribution in [3.8, 4) is 0 Å². The lowest BCUT2D eigenvalue weighted by atomic mass is 10.2. The number of amides is 1. The number of thiazole rings is 1. The van der Waals surface area contributed by atoms with Gasteiger partial charge in [0, 0.05) is 11.9 Å². The number of carbonyl (C=O) groups is 2. The van der Waals surface area contributed by atoms with Crippen LogP contribution in [0.15, 0.2) is 5.38 Å². The predicted molar refractivity (Wildman–Crippen MR) is 72.4 cm³/mol. The van der Waals surface area contributed by atoms with Crippen molar-refractivity contribution in [1.82, 2.24) is 9.88 Å². The van der Waals surface area contributed by atoms with Gasteiger partial charge in [0.15, 0.2) is 11.3 Å². The van der Waals surface area contributed by atoms with Crippen LogP contribution >= 0.6 is 11.3 Å². The molecule has 1 amide bonds. The van der Waals surface area contributed by atoms with Gasteiger partial charge in [0.2, 0.25) is 0 Å². The first kappa shape index (κ1) is 14.0. The van der Waals surface area contributed by atoms with E-state index in [1.165, 1.54) is 11.3 Å². The molecule has 1 unspecified atom stereocenters. The third-order valence-corrected chi connectivity index (χ3v) is 3.65. The molecule has 0 aromatic carbocycles. The molecule has 0 N–H and O–H groups in total. The van der Waals surface area contributed by atoms with Crippen molar-refractivity contribution in [2.45, 2.75) is 45.3 Å². The van der Waals surface area contributed by atoms with Crippen molar-refractivity contribution in [1.29, 1.82) is 0 Å². The minimum atomic E-state index is -0.500. The summed E-state index contributed by atoms with van der Waals surface area (Å²) in [5.74, 6) is 0. The van der Waals surface area contributed by atoms with Gasteiger partial charge in [-0.05, 0) is 33.6 Å². The second-order valence-electron chi connectivity index (χ2n) is 5.56. The minimum Gasteiger partial charge on any atom is -0.444 e. The smallest absolute Gasteiger partial charge is 0.410 e. The summed E-state index contributed by atoms with van der Waals surface area (Å²) in [6, 6.07) is -0.0696. The molecule has 0 radical (unpaired) electrons. The second-order valence-corrected chi connectivity index (χ2v) is 6.45. The van der Waals surface area contributed by atoms with Gasteiger partial charge in [-0.3, -0.25) is 9.69 Å². The van der Waals surface area contributed by atoms with Gasteiger partial charge in [-0.25, -0.2) is 9.78 Å². The summed E-state index contributed by atoms with van der Waals surface area (Å²) in [5.41, 5.74) is 0.288. The summed E-state index contributed by atoms with van der Waals surface area (Å²) in [4.78, 5) is 28.8. The maximum atomic E-state index is 12.1. The molecule has 1 aromatic rings. The summed E-state index contributed by atoms with van der Waals surface area (Å²) in [7, 11) is 0. The third kappa shape index (κ3) is 3.32. The highest BCUT2D eigenvalue weighted by Crippen LogP contribution is 2.33. The summed E-state index contributed by atoms with van der Waals surface area (Å²) < 4.78 is 5.40. The molecule has 19 heavy (non-hydrogen) atoms. The Morgan fingerprint density at radius 3 is 2.89 bits per heavy atom. The third-order valence-electron chi connectivity index (χ3n) is 2.86. The lowest BCUT2D eigenvalue weighted by molar-refractivity contribution is 0.0222. The summed E-state index contributed by atoms with van der Waals surface area (Å²) in [6.45, 7) is 6.23. The fourth-order valence-corrected chi connectivity index (χ4v) is 2.79. The normalized spacial score (nSPS) is 19.5. The van der Waals surface area contributed by atoms with Gasteiger partial charge in [0.1, 0.15) is 5.60 Å². The Labute approximate surface area is 116 Å². The Morgan fingerprint density at radius 2 is 2.32 bits per heavy atom. The maximum absolute atomic E-state index is 12.1. The number of likely N-dealkylation sites (tertiary alicyclic amines) is 1. The van der Waals surface area contributed by atoms with E-state index in [1.807, 2.05) is 26.2 Å². The first-order valence-electron chi connectivity index (χ1n) is 6.31. The van der Waals surface area contributed by atoms with Crippen LogP contribution in [0.5, 0.6) is 0 Å². The standard InChI is InChI=1S/C13H18N2O3S/c1-13(2,3)18-12(17)15-6-4-5-10(15)9-8-19-11(7-16)14-9/h7-8,10H,4-6H2,1-3H3. The van der Waals surface area contributed by atoms with Gasteiger partial charge in [-0.2, -0.15) is 0 Å². The number of ether oxygens (including phenoxy) is 1. The van der Waals surface area contributed by atoms with Crippen LogP contribution in [-0.4, -0.2) is 34.4 Å². The Kier molecular flexibility index (Phi) is 3.89. The van der Waals surface area contributed by atoms with Crippen LogP contribution in [0.1, 0.15) is 55.2 Å². The zero-order valence-electron chi connectivity index (χ0n) is 11.4. The number of rotatable bonds is 2. The molecule has 2 rings (SSSR count). The molecule has 6 heteroatoms. The molecule has 1 fully saturated rings. The van der Waals surface area contributed by atoms with Gasteiger partial charge < -0.3 is 4.74 Å². The van der Waals surface area contributed by atoms with E-state index in [-0.39, 0.29) is 12.1 Å². The van der Waals surface area contributed by atoms with E-state index in [2.05, 4.69) is 4.98 Å². The Morgan fingerprint density at radius 1 is 1.58 bits per heavy atom. The fourth-order valence-electron chi connectivity index (χ4n) is 2.12. The van der Waals surface area contributed by atoms with Crippen LogP contribution in [0.4, 0.5) is 4.79 Å². The van der Waals surface area contributed by atoms with Crippen molar-refractivity contribution in [3.63, 3.8) is 0 Å². The molecule has 0 saturated carbocycles. The SMILES string of the molecule is CC(C)(C)OC(=O)N1CCCC1c1csc(C=O)n1. The summed E-state index contributed by atoms with van der Waals surface area (Å²) in [6.07, 6.45) is 2.22. The quantitative estimate of drug-likeness (QED) is 0.782. The van der Waals surface area contributed by atoms with Crippen molar-refractivity contribution in [3.05, 3.63) is 16.1 Å². The molecule has 1 atom stereocenters. The number of nitrogens with zero attached hydrogens (tertiary/aromatic N) is 2.